The maximum atomic E-state index is 12.6. The average Bonchev–Trinajstić information content (AvgIpc) is 2.48. The molecule has 7 heteroatoms. The van der Waals surface area contributed by atoms with Crippen LogP contribution in [0.1, 0.15) is 25.7 Å². The van der Waals surface area contributed by atoms with Crippen molar-refractivity contribution in [1.82, 2.24) is 5.32 Å². The molecule has 0 radical (unpaired) electrons. The van der Waals surface area contributed by atoms with Crippen molar-refractivity contribution in [3.63, 3.8) is 0 Å². The Labute approximate surface area is 138 Å². The van der Waals surface area contributed by atoms with E-state index in [1.807, 2.05) is 0 Å². The molecule has 1 fully saturated rings. The first-order valence-electron chi connectivity index (χ1n) is 7.26. The highest BCUT2D eigenvalue weighted by atomic mass is 35.5. The van der Waals surface area contributed by atoms with Crippen molar-refractivity contribution in [2.24, 2.45) is 0 Å². The molecule has 0 spiro atoms. The van der Waals surface area contributed by atoms with Gasteiger partial charge in [0.05, 0.1) is 22.3 Å². The molecule has 1 saturated heterocycles. The molecule has 1 N–H and O–H groups in total. The molecule has 2 aliphatic heterocycles. The molecule has 1 aromatic rings. The third-order valence-electron chi connectivity index (χ3n) is 3.91. The molecule has 1 unspecified atom stereocenters. The molecule has 118 valence electrons. The zero-order valence-electron chi connectivity index (χ0n) is 11.9. The van der Waals surface area contributed by atoms with Crippen LogP contribution in [0.4, 0.5) is 5.69 Å². The molecule has 2 heterocycles. The van der Waals surface area contributed by atoms with Crippen LogP contribution in [0.25, 0.3) is 0 Å². The van der Waals surface area contributed by atoms with Gasteiger partial charge in [-0.3, -0.25) is 9.59 Å². The van der Waals surface area contributed by atoms with Gasteiger partial charge in [-0.15, -0.1) is 0 Å². The van der Waals surface area contributed by atoms with Gasteiger partial charge in [-0.25, -0.2) is 0 Å². The standard InChI is InChI=1S/C15H16Cl2N2O3/c16-10-7-12-13(8-11(10)17)22-5-4-19(12)15(21)6-9-2-1-3-14(20)18-9/h7-9H,1-6H2,(H,18,20). The van der Waals surface area contributed by atoms with E-state index in [9.17, 15) is 9.59 Å². The van der Waals surface area contributed by atoms with E-state index in [4.69, 9.17) is 27.9 Å². The summed E-state index contributed by atoms with van der Waals surface area (Å²) in [6.07, 6.45) is 2.48. The van der Waals surface area contributed by atoms with Crippen LogP contribution in [0.15, 0.2) is 12.1 Å². The fourth-order valence-corrected chi connectivity index (χ4v) is 3.14. The number of halogens is 2. The molecular formula is C15H16Cl2N2O3. The molecule has 5 nitrogen and oxygen atoms in total. The van der Waals surface area contributed by atoms with E-state index in [1.165, 1.54) is 0 Å². The normalized spacial score (nSPS) is 20.9. The maximum absolute atomic E-state index is 12.6. The van der Waals surface area contributed by atoms with Crippen LogP contribution in [0.5, 0.6) is 5.75 Å². The van der Waals surface area contributed by atoms with Crippen molar-refractivity contribution in [3.05, 3.63) is 22.2 Å². The number of piperidine rings is 1. The highest BCUT2D eigenvalue weighted by Crippen LogP contribution is 2.38. The number of ether oxygens (including phenoxy) is 1. The Kier molecular flexibility index (Phi) is 4.45. The first kappa shape index (κ1) is 15.4. The number of hydrogen-bond acceptors (Lipinski definition) is 3. The van der Waals surface area contributed by atoms with Crippen LogP contribution < -0.4 is 15.0 Å². The largest absolute Gasteiger partial charge is 0.489 e. The molecule has 0 bridgehead atoms. The molecule has 1 aromatic carbocycles. The minimum Gasteiger partial charge on any atom is -0.489 e. The second kappa shape index (κ2) is 6.34. The number of carbonyl (C=O) groups is 2. The summed E-state index contributed by atoms with van der Waals surface area (Å²) < 4.78 is 5.54. The average molecular weight is 343 g/mol. The lowest BCUT2D eigenvalue weighted by Gasteiger charge is -2.32. The van der Waals surface area contributed by atoms with Gasteiger partial charge in [0.25, 0.3) is 0 Å². The number of nitrogens with one attached hydrogen (secondary N) is 1. The number of fused-ring (bicyclic) bond motifs is 1. The fourth-order valence-electron chi connectivity index (χ4n) is 2.83. The number of anilines is 1. The van der Waals surface area contributed by atoms with E-state index in [1.54, 1.807) is 17.0 Å². The van der Waals surface area contributed by atoms with Gasteiger partial charge < -0.3 is 15.0 Å². The Bertz CT molecular complexity index is 621. The van der Waals surface area contributed by atoms with Gasteiger partial charge in [0.1, 0.15) is 12.4 Å². The lowest BCUT2D eigenvalue weighted by Crippen LogP contribution is -2.45. The summed E-state index contributed by atoms with van der Waals surface area (Å²) in [4.78, 5) is 25.7. The van der Waals surface area contributed by atoms with Crippen LogP contribution in [0, 0.1) is 0 Å². The molecule has 22 heavy (non-hydrogen) atoms. The van der Waals surface area contributed by atoms with Gasteiger partial charge in [0.15, 0.2) is 0 Å². The van der Waals surface area contributed by atoms with Crippen molar-refractivity contribution >= 4 is 40.7 Å². The summed E-state index contributed by atoms with van der Waals surface area (Å²) in [6, 6.07) is 3.18. The molecule has 0 saturated carbocycles. The molecule has 3 rings (SSSR count). The van der Waals surface area contributed by atoms with Crippen LogP contribution in [-0.2, 0) is 9.59 Å². The highest BCUT2D eigenvalue weighted by Gasteiger charge is 2.28. The smallest absolute Gasteiger partial charge is 0.229 e. The van der Waals surface area contributed by atoms with E-state index in [-0.39, 0.29) is 24.3 Å². The number of rotatable bonds is 2. The number of benzene rings is 1. The Morgan fingerprint density at radius 3 is 2.91 bits per heavy atom. The lowest BCUT2D eigenvalue weighted by atomic mass is 10.0. The van der Waals surface area contributed by atoms with E-state index < -0.39 is 0 Å². The Hall–Kier alpha value is -1.46. The Morgan fingerprint density at radius 2 is 2.14 bits per heavy atom. The quantitative estimate of drug-likeness (QED) is 0.898. The summed E-state index contributed by atoms with van der Waals surface area (Å²) in [6.45, 7) is 0.873. The Morgan fingerprint density at radius 1 is 1.36 bits per heavy atom. The second-order valence-electron chi connectivity index (χ2n) is 5.49. The van der Waals surface area contributed by atoms with Crippen molar-refractivity contribution in [2.45, 2.75) is 31.7 Å². The highest BCUT2D eigenvalue weighted by molar-refractivity contribution is 6.42. The molecule has 2 amide bonds. The summed E-state index contributed by atoms with van der Waals surface area (Å²) in [5.74, 6) is 0.526. The molecule has 0 aliphatic carbocycles. The number of amides is 2. The van der Waals surface area contributed by atoms with Crippen molar-refractivity contribution in [3.8, 4) is 5.75 Å². The van der Waals surface area contributed by atoms with Crippen LogP contribution in [0.3, 0.4) is 0 Å². The van der Waals surface area contributed by atoms with Crippen LogP contribution in [0.2, 0.25) is 10.0 Å². The first-order valence-corrected chi connectivity index (χ1v) is 8.02. The topological polar surface area (TPSA) is 58.6 Å². The number of nitrogens with zero attached hydrogens (tertiary/aromatic N) is 1. The summed E-state index contributed by atoms with van der Waals surface area (Å²) in [7, 11) is 0. The van der Waals surface area contributed by atoms with Gasteiger partial charge in [0.2, 0.25) is 11.8 Å². The van der Waals surface area contributed by atoms with Gasteiger partial charge in [-0.05, 0) is 18.9 Å². The summed E-state index contributed by atoms with van der Waals surface area (Å²) >= 11 is 12.0. The van der Waals surface area contributed by atoms with E-state index in [0.29, 0.717) is 41.1 Å². The maximum Gasteiger partial charge on any atom is 0.229 e. The minimum atomic E-state index is -0.0946. The van der Waals surface area contributed by atoms with Gasteiger partial charge in [-0.1, -0.05) is 23.2 Å². The third-order valence-corrected chi connectivity index (χ3v) is 4.63. The zero-order chi connectivity index (χ0) is 15.7. The van der Waals surface area contributed by atoms with Gasteiger partial charge in [0, 0.05) is 24.9 Å². The monoisotopic (exact) mass is 342 g/mol. The Balaban J connectivity index is 1.77. The molecule has 0 aromatic heterocycles. The van der Waals surface area contributed by atoms with Gasteiger partial charge >= 0.3 is 0 Å². The van der Waals surface area contributed by atoms with Crippen molar-refractivity contribution < 1.29 is 14.3 Å². The number of hydrogen-bond donors (Lipinski definition) is 1. The third kappa shape index (κ3) is 3.15. The molecule has 1 atom stereocenters. The lowest BCUT2D eigenvalue weighted by molar-refractivity contribution is -0.124. The minimum absolute atomic E-state index is 0.0150. The second-order valence-corrected chi connectivity index (χ2v) is 6.30. The predicted octanol–water partition coefficient (Wildman–Crippen LogP) is 2.78. The summed E-state index contributed by atoms with van der Waals surface area (Å²) in [5, 5.41) is 3.65. The van der Waals surface area contributed by atoms with Gasteiger partial charge in [-0.2, -0.15) is 0 Å². The molecular weight excluding hydrogens is 327 g/mol. The summed E-state index contributed by atoms with van der Waals surface area (Å²) in [5.41, 5.74) is 0.632. The SMILES string of the molecule is O=C1CCCC(CC(=O)N2CCOc3cc(Cl)c(Cl)cc32)N1. The van der Waals surface area contributed by atoms with E-state index >= 15 is 0 Å². The van der Waals surface area contributed by atoms with Crippen molar-refractivity contribution in [1.29, 1.82) is 0 Å². The van der Waals surface area contributed by atoms with Crippen LogP contribution in [-0.4, -0.2) is 31.0 Å². The zero-order valence-corrected chi connectivity index (χ0v) is 13.4. The van der Waals surface area contributed by atoms with Crippen LogP contribution >= 0.6 is 23.2 Å². The van der Waals surface area contributed by atoms with E-state index in [2.05, 4.69) is 5.32 Å². The van der Waals surface area contributed by atoms with E-state index in [0.717, 1.165) is 12.8 Å². The number of carbonyl (C=O) groups excluding carboxylic acids is 2. The predicted molar refractivity (Wildman–Crippen MR) is 84.7 cm³/mol. The first-order chi connectivity index (χ1) is 10.5. The molecule has 2 aliphatic rings. The van der Waals surface area contributed by atoms with Crippen molar-refractivity contribution in [2.75, 3.05) is 18.1 Å². The fraction of sp³-hybridized carbons (Fsp3) is 0.467.